The maximum absolute atomic E-state index is 12.4. The van der Waals surface area contributed by atoms with E-state index >= 15 is 0 Å². The van der Waals surface area contributed by atoms with E-state index in [1.54, 1.807) is 23.7 Å². The smallest absolute Gasteiger partial charge is 0.260 e. The first kappa shape index (κ1) is 19.7. The highest BCUT2D eigenvalue weighted by molar-refractivity contribution is 7.18. The fourth-order valence-electron chi connectivity index (χ4n) is 3.49. The van der Waals surface area contributed by atoms with E-state index in [4.69, 9.17) is 0 Å². The third kappa shape index (κ3) is 4.83. The van der Waals surface area contributed by atoms with Gasteiger partial charge < -0.3 is 4.98 Å². The van der Waals surface area contributed by atoms with Gasteiger partial charge in [-0.1, -0.05) is 46.0 Å². The number of fused-ring (bicyclic) bond motifs is 3. The van der Waals surface area contributed by atoms with E-state index in [2.05, 4.69) is 28.8 Å². The summed E-state index contributed by atoms with van der Waals surface area (Å²) in [5, 5.41) is 0.808. The summed E-state index contributed by atoms with van der Waals surface area (Å²) in [6, 6.07) is 3.72. The zero-order valence-corrected chi connectivity index (χ0v) is 17.2. The third-order valence-corrected chi connectivity index (χ3v) is 6.17. The number of H-pyrrole nitrogens is 1. The first-order valence-corrected chi connectivity index (χ1v) is 11.0. The Morgan fingerprint density at radius 2 is 1.74 bits per heavy atom. The van der Waals surface area contributed by atoms with Gasteiger partial charge in [-0.2, -0.15) is 0 Å². The highest BCUT2D eigenvalue weighted by Gasteiger charge is 2.19. The molecule has 0 saturated carbocycles. The van der Waals surface area contributed by atoms with Gasteiger partial charge in [0.25, 0.3) is 5.56 Å². The zero-order valence-electron chi connectivity index (χ0n) is 16.4. The lowest BCUT2D eigenvalue weighted by atomic mass is 9.97. The fraction of sp³-hybridized carbons (Fsp3) is 0.500. The van der Waals surface area contributed by atoms with Crippen LogP contribution in [0.15, 0.2) is 29.3 Å². The monoisotopic (exact) mass is 383 g/mol. The first-order valence-electron chi connectivity index (χ1n) is 10.2. The second-order valence-electron chi connectivity index (χ2n) is 7.10. The van der Waals surface area contributed by atoms with Crippen molar-refractivity contribution < 1.29 is 0 Å². The van der Waals surface area contributed by atoms with Crippen LogP contribution in [0.1, 0.15) is 69.2 Å². The molecule has 0 fully saturated rings. The molecule has 0 spiro atoms. The average Bonchev–Trinajstić information content (AvgIpc) is 3.08. The number of nitrogens with zero attached hydrogens (tertiary/aromatic N) is 2. The molecular formula is C22H29N3OS. The molecule has 0 bridgehead atoms. The Kier molecular flexibility index (Phi) is 7.16. The van der Waals surface area contributed by atoms with Gasteiger partial charge in [0.15, 0.2) is 0 Å². The van der Waals surface area contributed by atoms with Gasteiger partial charge in [-0.15, -0.1) is 11.3 Å². The molecule has 0 saturated heterocycles. The van der Waals surface area contributed by atoms with Gasteiger partial charge in [-0.05, 0) is 43.4 Å². The summed E-state index contributed by atoms with van der Waals surface area (Å²) in [4.78, 5) is 26.2. The Labute approximate surface area is 165 Å². The minimum atomic E-state index is -0.0128. The van der Waals surface area contributed by atoms with Gasteiger partial charge in [0.2, 0.25) is 0 Å². The van der Waals surface area contributed by atoms with E-state index in [1.165, 1.54) is 55.4 Å². The van der Waals surface area contributed by atoms with Crippen LogP contribution in [-0.4, -0.2) is 15.0 Å². The quantitative estimate of drug-likeness (QED) is 0.558. The molecule has 3 heterocycles. The van der Waals surface area contributed by atoms with Crippen LogP contribution < -0.4 is 5.56 Å². The Hall–Kier alpha value is -2.01. The summed E-state index contributed by atoms with van der Waals surface area (Å²) in [5.74, 6) is 0.628. The molecule has 4 nitrogen and oxygen atoms in total. The number of rotatable bonds is 5. The van der Waals surface area contributed by atoms with Crippen LogP contribution >= 0.6 is 11.3 Å². The van der Waals surface area contributed by atoms with E-state index in [9.17, 15) is 4.79 Å². The molecule has 3 aromatic rings. The van der Waals surface area contributed by atoms with Gasteiger partial charge >= 0.3 is 0 Å². The normalized spacial score (nSPS) is 13.1. The van der Waals surface area contributed by atoms with Crippen molar-refractivity contribution in [2.24, 2.45) is 0 Å². The van der Waals surface area contributed by atoms with E-state index in [0.717, 1.165) is 28.6 Å². The Balaban J connectivity index is 0.000000260. The number of pyridine rings is 1. The van der Waals surface area contributed by atoms with Crippen molar-refractivity contribution in [2.45, 2.75) is 71.6 Å². The number of aryl methyl sites for hydroxylation is 2. The van der Waals surface area contributed by atoms with E-state index in [-0.39, 0.29) is 5.56 Å². The number of thiophene rings is 1. The summed E-state index contributed by atoms with van der Waals surface area (Å²) in [6.07, 6.45) is 14.9. The second kappa shape index (κ2) is 9.79. The second-order valence-corrected chi connectivity index (χ2v) is 8.19. The molecule has 0 unspecified atom stereocenters. The molecule has 5 heteroatoms. The minimum absolute atomic E-state index is 0.0128. The highest BCUT2D eigenvalue weighted by atomic mass is 32.1. The summed E-state index contributed by atoms with van der Waals surface area (Å²) >= 11 is 1.68. The van der Waals surface area contributed by atoms with E-state index < -0.39 is 0 Å². The van der Waals surface area contributed by atoms with Crippen LogP contribution in [0.5, 0.6) is 0 Å². The Bertz CT molecular complexity index is 910. The molecule has 1 aliphatic carbocycles. The molecule has 0 aliphatic heterocycles. The average molecular weight is 384 g/mol. The van der Waals surface area contributed by atoms with Crippen molar-refractivity contribution in [1.29, 1.82) is 0 Å². The minimum Gasteiger partial charge on any atom is -0.306 e. The fourth-order valence-corrected chi connectivity index (χ4v) is 4.75. The SMILES string of the molecule is CCCCCCC.O=c1[nH]c(-c2ccncc2)nc2sc3c(c12)CCCC3. The van der Waals surface area contributed by atoms with Crippen molar-refractivity contribution in [1.82, 2.24) is 15.0 Å². The van der Waals surface area contributed by atoms with Crippen LogP contribution in [0.4, 0.5) is 0 Å². The lowest BCUT2D eigenvalue weighted by Gasteiger charge is -2.09. The number of nitrogens with one attached hydrogen (secondary N) is 1. The maximum atomic E-state index is 12.4. The van der Waals surface area contributed by atoms with Crippen LogP contribution in [0.2, 0.25) is 0 Å². The van der Waals surface area contributed by atoms with Crippen LogP contribution in [0, 0.1) is 0 Å². The molecule has 0 amide bonds. The van der Waals surface area contributed by atoms with E-state index in [1.807, 2.05) is 12.1 Å². The Morgan fingerprint density at radius 1 is 1.04 bits per heavy atom. The molecule has 1 aliphatic rings. The zero-order chi connectivity index (χ0) is 19.1. The molecule has 0 radical (unpaired) electrons. The predicted octanol–water partition coefficient (Wildman–Crippen LogP) is 5.90. The molecule has 144 valence electrons. The number of unbranched alkanes of at least 4 members (excludes halogenated alkanes) is 4. The summed E-state index contributed by atoms with van der Waals surface area (Å²) < 4.78 is 0. The van der Waals surface area contributed by atoms with Crippen LogP contribution in [0.3, 0.4) is 0 Å². The number of hydrogen-bond donors (Lipinski definition) is 1. The lowest BCUT2D eigenvalue weighted by Crippen LogP contribution is -2.11. The summed E-state index contributed by atoms with van der Waals surface area (Å²) in [7, 11) is 0. The van der Waals surface area contributed by atoms with Crippen molar-refractivity contribution in [2.75, 3.05) is 0 Å². The van der Waals surface area contributed by atoms with Gasteiger partial charge in [0.05, 0.1) is 5.39 Å². The number of aromatic nitrogens is 3. The lowest BCUT2D eigenvalue weighted by molar-refractivity contribution is 0.656. The van der Waals surface area contributed by atoms with E-state index in [0.29, 0.717) is 5.82 Å². The van der Waals surface area contributed by atoms with Gasteiger partial charge in [0, 0.05) is 22.8 Å². The van der Waals surface area contributed by atoms with Gasteiger partial charge in [0.1, 0.15) is 10.7 Å². The van der Waals surface area contributed by atoms with Gasteiger partial charge in [-0.3, -0.25) is 9.78 Å². The van der Waals surface area contributed by atoms with Crippen molar-refractivity contribution >= 4 is 21.6 Å². The maximum Gasteiger partial charge on any atom is 0.260 e. The number of aromatic amines is 1. The van der Waals surface area contributed by atoms with Crippen LogP contribution in [-0.2, 0) is 12.8 Å². The Morgan fingerprint density at radius 3 is 2.44 bits per heavy atom. The molecule has 27 heavy (non-hydrogen) atoms. The van der Waals surface area contributed by atoms with Gasteiger partial charge in [-0.25, -0.2) is 4.98 Å². The summed E-state index contributed by atoms with van der Waals surface area (Å²) in [6.45, 7) is 4.49. The number of hydrogen-bond acceptors (Lipinski definition) is 4. The summed E-state index contributed by atoms with van der Waals surface area (Å²) in [5.41, 5.74) is 2.11. The first-order chi connectivity index (χ1) is 13.2. The van der Waals surface area contributed by atoms with Crippen molar-refractivity contribution in [3.8, 4) is 11.4 Å². The molecule has 3 aromatic heterocycles. The predicted molar refractivity (Wildman–Crippen MR) is 115 cm³/mol. The molecule has 1 N–H and O–H groups in total. The topological polar surface area (TPSA) is 58.6 Å². The molecule has 4 rings (SSSR count). The molecule has 0 aromatic carbocycles. The largest absolute Gasteiger partial charge is 0.306 e. The molecule has 0 atom stereocenters. The standard InChI is InChI=1S/C15H13N3OS.C7H16/c19-14-12-10-3-1-2-4-11(10)20-15(12)18-13(17-14)9-5-7-16-8-6-9;1-3-5-7-6-4-2/h5-8H,1-4H2,(H,17,18,19);3-7H2,1-2H3. The third-order valence-electron chi connectivity index (χ3n) is 4.99. The van der Waals surface area contributed by atoms with Crippen molar-refractivity contribution in [3.05, 3.63) is 45.3 Å². The molecular weight excluding hydrogens is 354 g/mol. The van der Waals surface area contributed by atoms with Crippen molar-refractivity contribution in [3.63, 3.8) is 0 Å². The highest BCUT2D eigenvalue weighted by Crippen LogP contribution is 2.34. The van der Waals surface area contributed by atoms with Crippen LogP contribution in [0.25, 0.3) is 21.6 Å².